The molecule has 0 bridgehead atoms. The van der Waals surface area contributed by atoms with Crippen molar-refractivity contribution < 1.29 is 0 Å². The molecule has 88 valence electrons. The Morgan fingerprint density at radius 1 is 1.24 bits per heavy atom. The van der Waals surface area contributed by atoms with Gasteiger partial charge in [0.1, 0.15) is 0 Å². The Kier molecular flexibility index (Phi) is 4.65. The van der Waals surface area contributed by atoms with E-state index in [0.29, 0.717) is 0 Å². The van der Waals surface area contributed by atoms with Crippen molar-refractivity contribution in [2.45, 2.75) is 20.8 Å². The van der Waals surface area contributed by atoms with Crippen molar-refractivity contribution in [3.8, 4) is 0 Å². The highest BCUT2D eigenvalue weighted by molar-refractivity contribution is 5.77. The molecule has 17 heavy (non-hydrogen) atoms. The van der Waals surface area contributed by atoms with Gasteiger partial charge in [-0.15, -0.1) is 0 Å². The predicted octanol–water partition coefficient (Wildman–Crippen LogP) is 4.65. The van der Waals surface area contributed by atoms with E-state index in [1.807, 2.05) is 44.3 Å². The second-order valence-electron chi connectivity index (χ2n) is 4.07. The molecular weight excluding hydrogens is 206 g/mol. The topological polar surface area (TPSA) is 12.9 Å². The van der Waals surface area contributed by atoms with E-state index >= 15 is 0 Å². The van der Waals surface area contributed by atoms with Gasteiger partial charge in [0.05, 0.1) is 5.69 Å². The molecule has 0 aliphatic heterocycles. The summed E-state index contributed by atoms with van der Waals surface area (Å²) in [5.74, 6) is 0. The maximum atomic E-state index is 4.36. The zero-order valence-corrected chi connectivity index (χ0v) is 10.8. The zero-order chi connectivity index (χ0) is 12.8. The summed E-state index contributed by atoms with van der Waals surface area (Å²) >= 11 is 0. The summed E-state index contributed by atoms with van der Waals surface area (Å²) < 4.78 is 0. The summed E-state index contributed by atoms with van der Waals surface area (Å²) in [6.45, 7) is 14.0. The molecule has 0 aliphatic carbocycles. The molecule has 0 spiro atoms. The lowest BCUT2D eigenvalue weighted by Crippen LogP contribution is -1.89. The Bertz CT molecular complexity index is 473. The molecule has 1 rings (SSSR count). The summed E-state index contributed by atoms with van der Waals surface area (Å²) in [7, 11) is 0. The minimum absolute atomic E-state index is 0.927. The molecular formula is C16H19N. The number of aromatic nitrogens is 1. The number of nitrogens with zero attached hydrogens (tertiary/aromatic N) is 1. The third-order valence-corrected chi connectivity index (χ3v) is 2.56. The van der Waals surface area contributed by atoms with E-state index in [4.69, 9.17) is 0 Å². The second kappa shape index (κ2) is 6.00. The number of hydrogen-bond acceptors (Lipinski definition) is 1. The Labute approximate surface area is 104 Å². The first-order valence-electron chi connectivity index (χ1n) is 5.67. The Hall–Kier alpha value is -1.89. The van der Waals surface area contributed by atoms with E-state index in [0.717, 1.165) is 28.0 Å². The molecule has 0 amide bonds. The summed E-state index contributed by atoms with van der Waals surface area (Å²) in [5.41, 5.74) is 5.10. The molecule has 1 nitrogen and oxygen atoms in total. The van der Waals surface area contributed by atoms with E-state index < -0.39 is 0 Å². The fraction of sp³-hybridized carbons (Fsp3) is 0.188. The van der Waals surface area contributed by atoms with Crippen molar-refractivity contribution in [2.24, 2.45) is 0 Å². The molecule has 0 N–H and O–H groups in total. The Morgan fingerprint density at radius 2 is 1.94 bits per heavy atom. The van der Waals surface area contributed by atoms with E-state index in [1.54, 1.807) is 0 Å². The van der Waals surface area contributed by atoms with Crippen molar-refractivity contribution in [3.63, 3.8) is 0 Å². The molecule has 1 heterocycles. The van der Waals surface area contributed by atoms with E-state index in [2.05, 4.69) is 31.1 Å². The Morgan fingerprint density at radius 3 is 2.41 bits per heavy atom. The van der Waals surface area contributed by atoms with Crippen molar-refractivity contribution in [3.05, 3.63) is 66.5 Å². The van der Waals surface area contributed by atoms with Gasteiger partial charge in [-0.25, -0.2) is 0 Å². The number of allylic oxidation sites excluding steroid dienone is 6. The molecule has 0 radical (unpaired) electrons. The van der Waals surface area contributed by atoms with Crippen LogP contribution in [0.1, 0.15) is 32.0 Å². The van der Waals surface area contributed by atoms with Gasteiger partial charge in [-0.1, -0.05) is 37.5 Å². The van der Waals surface area contributed by atoms with Crippen LogP contribution in [-0.4, -0.2) is 4.98 Å². The van der Waals surface area contributed by atoms with Crippen molar-refractivity contribution in [1.82, 2.24) is 4.98 Å². The lowest BCUT2D eigenvalue weighted by Gasteiger charge is -2.06. The molecule has 0 unspecified atom stereocenters. The lowest BCUT2D eigenvalue weighted by atomic mass is 10.0. The van der Waals surface area contributed by atoms with Gasteiger partial charge in [0.2, 0.25) is 0 Å². The van der Waals surface area contributed by atoms with Gasteiger partial charge in [-0.05, 0) is 49.1 Å². The van der Waals surface area contributed by atoms with Gasteiger partial charge in [-0.2, -0.15) is 0 Å². The van der Waals surface area contributed by atoms with Crippen LogP contribution in [0, 0.1) is 0 Å². The summed E-state index contributed by atoms with van der Waals surface area (Å²) in [6, 6.07) is 4.01. The molecule has 1 aromatic heterocycles. The number of pyridine rings is 1. The van der Waals surface area contributed by atoms with Crippen LogP contribution in [0.25, 0.3) is 11.1 Å². The molecule has 0 fully saturated rings. The molecule has 0 atom stereocenters. The monoisotopic (exact) mass is 225 g/mol. The zero-order valence-electron chi connectivity index (χ0n) is 10.8. The summed E-state index contributed by atoms with van der Waals surface area (Å²) in [4.78, 5) is 4.36. The highest BCUT2D eigenvalue weighted by Gasteiger charge is 2.02. The average Bonchev–Trinajstić information content (AvgIpc) is 2.35. The molecule has 0 aliphatic rings. The predicted molar refractivity (Wildman–Crippen MR) is 76.6 cm³/mol. The standard InChI is InChI=1S/C16H19N/c1-6-7-8-13(4)14(5)15-9-10-16(12(2)3)17-11-15/h6-11H,2,5H2,1,3-4H3/b7-6-,13-8-. The van der Waals surface area contributed by atoms with Crippen LogP contribution in [0.4, 0.5) is 0 Å². The average molecular weight is 225 g/mol. The SMILES string of the molecule is C=C(/C(C)=C\C=C/C)c1ccc(C(=C)C)nc1. The van der Waals surface area contributed by atoms with E-state index in [9.17, 15) is 0 Å². The van der Waals surface area contributed by atoms with Crippen LogP contribution < -0.4 is 0 Å². The highest BCUT2D eigenvalue weighted by Crippen LogP contribution is 2.21. The van der Waals surface area contributed by atoms with Crippen LogP contribution >= 0.6 is 0 Å². The summed E-state index contributed by atoms with van der Waals surface area (Å²) in [6.07, 6.45) is 7.91. The first-order valence-corrected chi connectivity index (χ1v) is 5.67. The minimum atomic E-state index is 0.927. The van der Waals surface area contributed by atoms with Crippen molar-refractivity contribution in [2.75, 3.05) is 0 Å². The van der Waals surface area contributed by atoms with E-state index in [1.165, 1.54) is 0 Å². The third-order valence-electron chi connectivity index (χ3n) is 2.56. The Balaban J connectivity index is 2.94. The largest absolute Gasteiger partial charge is 0.256 e. The fourth-order valence-corrected chi connectivity index (χ4v) is 1.39. The maximum Gasteiger partial charge on any atom is 0.0653 e. The third kappa shape index (κ3) is 3.56. The highest BCUT2D eigenvalue weighted by atomic mass is 14.7. The molecule has 0 aromatic carbocycles. The van der Waals surface area contributed by atoms with Crippen LogP contribution in [-0.2, 0) is 0 Å². The first kappa shape index (κ1) is 13.2. The van der Waals surface area contributed by atoms with Crippen molar-refractivity contribution in [1.29, 1.82) is 0 Å². The van der Waals surface area contributed by atoms with Gasteiger partial charge in [0.15, 0.2) is 0 Å². The fourth-order valence-electron chi connectivity index (χ4n) is 1.39. The van der Waals surface area contributed by atoms with Gasteiger partial charge < -0.3 is 0 Å². The molecule has 0 saturated carbocycles. The minimum Gasteiger partial charge on any atom is -0.256 e. The van der Waals surface area contributed by atoms with Crippen LogP contribution in [0.15, 0.2) is 55.3 Å². The smallest absolute Gasteiger partial charge is 0.0653 e. The molecule has 1 aromatic rings. The van der Waals surface area contributed by atoms with Gasteiger partial charge in [0, 0.05) is 6.20 Å². The quantitative estimate of drug-likeness (QED) is 0.680. The second-order valence-corrected chi connectivity index (χ2v) is 4.07. The normalized spacial score (nSPS) is 11.8. The first-order chi connectivity index (χ1) is 8.06. The van der Waals surface area contributed by atoms with E-state index in [-0.39, 0.29) is 0 Å². The van der Waals surface area contributed by atoms with Gasteiger partial charge >= 0.3 is 0 Å². The van der Waals surface area contributed by atoms with Crippen molar-refractivity contribution >= 4 is 11.1 Å². The lowest BCUT2D eigenvalue weighted by molar-refractivity contribution is 1.25. The number of rotatable bonds is 4. The summed E-state index contributed by atoms with van der Waals surface area (Å²) in [5, 5.41) is 0. The molecule has 0 saturated heterocycles. The van der Waals surface area contributed by atoms with Gasteiger partial charge in [0.25, 0.3) is 0 Å². The molecule has 1 heteroatoms. The van der Waals surface area contributed by atoms with Crippen LogP contribution in [0.2, 0.25) is 0 Å². The van der Waals surface area contributed by atoms with Crippen LogP contribution in [0.3, 0.4) is 0 Å². The maximum absolute atomic E-state index is 4.36. The van der Waals surface area contributed by atoms with Crippen LogP contribution in [0.5, 0.6) is 0 Å². The van der Waals surface area contributed by atoms with Gasteiger partial charge in [-0.3, -0.25) is 4.98 Å². The number of hydrogen-bond donors (Lipinski definition) is 0.